The van der Waals surface area contributed by atoms with Gasteiger partial charge in [-0.1, -0.05) is 0 Å². The van der Waals surface area contributed by atoms with Gasteiger partial charge in [0.05, 0.1) is 9.83 Å². The minimum atomic E-state index is -0.603. The zero-order valence-corrected chi connectivity index (χ0v) is 11.2. The van der Waals surface area contributed by atoms with Gasteiger partial charge in [0.2, 0.25) is 0 Å². The van der Waals surface area contributed by atoms with Crippen molar-refractivity contribution in [2.24, 2.45) is 0 Å². The number of aromatic hydroxyl groups is 1. The second kappa shape index (κ2) is 5.33. The number of phenolic OH excluding ortho intramolecular Hbond substituents is 1. The zero-order valence-electron chi connectivity index (χ0n) is 10.4. The van der Waals surface area contributed by atoms with Gasteiger partial charge in [-0.15, -0.1) is 0 Å². The van der Waals surface area contributed by atoms with Crippen molar-refractivity contribution in [3.05, 3.63) is 38.8 Å². The summed E-state index contributed by atoms with van der Waals surface area (Å²) in [5, 5.41) is 20.0. The Morgan fingerprint density at radius 3 is 2.70 bits per heavy atom. The van der Waals surface area contributed by atoms with E-state index in [0.717, 1.165) is 28.8 Å². The number of hydrogen-bond donors (Lipinski definition) is 1. The molecule has 20 heavy (non-hydrogen) atoms. The summed E-state index contributed by atoms with van der Waals surface area (Å²) in [6, 6.07) is 3.48. The van der Waals surface area contributed by atoms with E-state index in [4.69, 9.17) is 0 Å². The van der Waals surface area contributed by atoms with Crippen LogP contribution < -0.4 is 0 Å². The Morgan fingerprint density at radius 1 is 1.45 bits per heavy atom. The fourth-order valence-electron chi connectivity index (χ4n) is 1.68. The Kier molecular flexibility index (Phi) is 3.75. The van der Waals surface area contributed by atoms with Gasteiger partial charge in [0, 0.05) is 24.2 Å². The quantitative estimate of drug-likeness (QED) is 0.521. The molecule has 2 amide bonds. The van der Waals surface area contributed by atoms with Gasteiger partial charge in [-0.05, 0) is 30.8 Å². The van der Waals surface area contributed by atoms with Gasteiger partial charge in [-0.25, -0.2) is 0 Å². The van der Waals surface area contributed by atoms with Crippen LogP contribution in [0.3, 0.4) is 0 Å². The normalized spacial score (nSPS) is 17.1. The first-order valence-electron chi connectivity index (χ1n) is 5.66. The number of thioether (sulfide) groups is 1. The number of rotatable bonds is 3. The molecule has 0 bridgehead atoms. The van der Waals surface area contributed by atoms with Crippen molar-refractivity contribution in [1.82, 2.24) is 4.90 Å². The topological polar surface area (TPSA) is 101 Å². The molecule has 104 valence electrons. The van der Waals surface area contributed by atoms with Crippen molar-refractivity contribution < 1.29 is 19.6 Å². The number of hydrogen-bond acceptors (Lipinski definition) is 6. The first-order valence-corrected chi connectivity index (χ1v) is 6.48. The number of likely N-dealkylation sites (N-methyl/N-ethyl adjacent to an activating group) is 1. The Balaban J connectivity index is 2.41. The summed E-state index contributed by atoms with van der Waals surface area (Å²) in [6.45, 7) is 1.92. The molecule has 1 aliphatic rings. The van der Waals surface area contributed by atoms with Crippen LogP contribution in [0.25, 0.3) is 6.08 Å². The summed E-state index contributed by atoms with van der Waals surface area (Å²) in [5.74, 6) is -0.660. The van der Waals surface area contributed by atoms with Crippen molar-refractivity contribution in [3.63, 3.8) is 0 Å². The number of nitrogens with zero attached hydrogens (tertiary/aromatic N) is 2. The molecule has 0 saturated carbocycles. The van der Waals surface area contributed by atoms with E-state index in [9.17, 15) is 24.8 Å². The SMILES string of the molecule is CCN1C(=O)S/C(=C/c2cc([N+](=O)[O-])ccc2O)C1=O. The van der Waals surface area contributed by atoms with Crippen LogP contribution in [0.5, 0.6) is 5.75 Å². The highest BCUT2D eigenvalue weighted by atomic mass is 32.2. The van der Waals surface area contributed by atoms with E-state index in [1.165, 1.54) is 12.1 Å². The van der Waals surface area contributed by atoms with E-state index >= 15 is 0 Å². The molecule has 0 spiro atoms. The number of carbonyl (C=O) groups is 2. The second-order valence-electron chi connectivity index (χ2n) is 3.93. The lowest BCUT2D eigenvalue weighted by molar-refractivity contribution is -0.384. The van der Waals surface area contributed by atoms with Gasteiger partial charge in [0.25, 0.3) is 16.8 Å². The number of imide groups is 1. The van der Waals surface area contributed by atoms with Crippen LogP contribution >= 0.6 is 11.8 Å². The van der Waals surface area contributed by atoms with E-state index in [1.807, 2.05) is 0 Å². The van der Waals surface area contributed by atoms with Crippen molar-refractivity contribution >= 4 is 34.7 Å². The number of nitro benzene ring substituents is 1. The maximum Gasteiger partial charge on any atom is 0.293 e. The van der Waals surface area contributed by atoms with Gasteiger partial charge in [0.15, 0.2) is 0 Å². The average molecular weight is 294 g/mol. The molecule has 1 saturated heterocycles. The lowest BCUT2D eigenvalue weighted by Crippen LogP contribution is -2.27. The Bertz CT molecular complexity index is 641. The first kappa shape index (κ1) is 14.1. The Morgan fingerprint density at radius 2 is 2.15 bits per heavy atom. The van der Waals surface area contributed by atoms with Crippen LogP contribution in [0, 0.1) is 10.1 Å². The van der Waals surface area contributed by atoms with Gasteiger partial charge in [0.1, 0.15) is 5.75 Å². The number of phenols is 1. The van der Waals surface area contributed by atoms with Gasteiger partial charge >= 0.3 is 0 Å². The molecule has 2 rings (SSSR count). The molecule has 0 aromatic heterocycles. The van der Waals surface area contributed by atoms with Crippen LogP contribution in [0.1, 0.15) is 12.5 Å². The second-order valence-corrected chi connectivity index (χ2v) is 4.92. The highest BCUT2D eigenvalue weighted by Gasteiger charge is 2.33. The Labute approximate surface area is 118 Å². The fourth-order valence-corrected chi connectivity index (χ4v) is 2.58. The molecule has 1 aliphatic heterocycles. The van der Waals surface area contributed by atoms with Crippen molar-refractivity contribution in [1.29, 1.82) is 0 Å². The molecule has 8 heteroatoms. The van der Waals surface area contributed by atoms with Crippen molar-refractivity contribution in [3.8, 4) is 5.75 Å². The minimum absolute atomic E-state index is 0.126. The third-order valence-electron chi connectivity index (χ3n) is 2.70. The molecule has 1 N–H and O–H groups in total. The minimum Gasteiger partial charge on any atom is -0.507 e. The van der Waals surface area contributed by atoms with Crippen LogP contribution in [0.15, 0.2) is 23.1 Å². The van der Waals surface area contributed by atoms with Gasteiger partial charge in [-0.3, -0.25) is 24.6 Å². The fraction of sp³-hybridized carbons (Fsp3) is 0.167. The third kappa shape index (κ3) is 2.50. The molecule has 1 aromatic rings. The summed E-state index contributed by atoms with van der Waals surface area (Å²) in [6.07, 6.45) is 1.28. The molecule has 0 unspecified atom stereocenters. The molecule has 0 aliphatic carbocycles. The summed E-state index contributed by atoms with van der Waals surface area (Å²) in [4.78, 5) is 34.7. The maximum atomic E-state index is 11.9. The first-order chi connectivity index (χ1) is 9.43. The van der Waals surface area contributed by atoms with Gasteiger partial charge in [-0.2, -0.15) is 0 Å². The predicted molar refractivity (Wildman–Crippen MR) is 73.1 cm³/mol. The highest BCUT2D eigenvalue weighted by molar-refractivity contribution is 8.18. The summed E-state index contributed by atoms with van der Waals surface area (Å²) < 4.78 is 0. The predicted octanol–water partition coefficient (Wildman–Crippen LogP) is 2.36. The van der Waals surface area contributed by atoms with E-state index in [2.05, 4.69) is 0 Å². The number of benzene rings is 1. The lowest BCUT2D eigenvalue weighted by Gasteiger charge is -2.07. The smallest absolute Gasteiger partial charge is 0.293 e. The molecular formula is C12H10N2O5S. The summed E-state index contributed by atoms with van der Waals surface area (Å²) in [7, 11) is 0. The number of nitro groups is 1. The van der Waals surface area contributed by atoms with Crippen LogP contribution in [0.2, 0.25) is 0 Å². The van der Waals surface area contributed by atoms with Crippen LogP contribution in [-0.4, -0.2) is 32.6 Å². The molecule has 7 nitrogen and oxygen atoms in total. The molecule has 1 heterocycles. The lowest BCUT2D eigenvalue weighted by atomic mass is 10.1. The average Bonchev–Trinajstić information content (AvgIpc) is 2.66. The standard InChI is InChI=1S/C12H10N2O5S/c1-2-13-11(16)10(20-12(13)17)6-7-5-8(14(18)19)3-4-9(7)15/h3-6,15H,2H2,1H3/b10-6+. The molecule has 0 radical (unpaired) electrons. The van der Waals surface area contributed by atoms with E-state index in [-0.39, 0.29) is 28.5 Å². The summed E-state index contributed by atoms with van der Waals surface area (Å²) >= 11 is 0.742. The monoisotopic (exact) mass is 294 g/mol. The molecule has 1 aromatic carbocycles. The van der Waals surface area contributed by atoms with Crippen molar-refractivity contribution in [2.45, 2.75) is 6.92 Å². The third-order valence-corrected chi connectivity index (χ3v) is 3.61. The molecule has 1 fully saturated rings. The van der Waals surface area contributed by atoms with Gasteiger partial charge < -0.3 is 5.11 Å². The highest BCUT2D eigenvalue weighted by Crippen LogP contribution is 2.34. The Hall–Kier alpha value is -2.35. The number of amides is 2. The number of non-ortho nitro benzene ring substituents is 1. The molecular weight excluding hydrogens is 284 g/mol. The number of carbonyl (C=O) groups excluding carboxylic acids is 2. The molecule has 0 atom stereocenters. The van der Waals surface area contributed by atoms with E-state index < -0.39 is 16.1 Å². The van der Waals surface area contributed by atoms with Crippen molar-refractivity contribution in [2.75, 3.05) is 6.54 Å². The van der Waals surface area contributed by atoms with Crippen LogP contribution in [0.4, 0.5) is 10.5 Å². The summed E-state index contributed by atoms with van der Waals surface area (Å²) in [5.41, 5.74) is -0.0791. The van der Waals surface area contributed by atoms with E-state index in [1.54, 1.807) is 6.92 Å². The largest absolute Gasteiger partial charge is 0.507 e. The van der Waals surface area contributed by atoms with E-state index in [0.29, 0.717) is 0 Å². The maximum absolute atomic E-state index is 11.9. The zero-order chi connectivity index (χ0) is 14.9. The van der Waals surface area contributed by atoms with Crippen LogP contribution in [-0.2, 0) is 4.79 Å².